The van der Waals surface area contributed by atoms with Gasteiger partial charge in [-0.1, -0.05) is 0 Å². The van der Waals surface area contributed by atoms with E-state index in [-0.39, 0.29) is 11.9 Å². The van der Waals surface area contributed by atoms with Crippen molar-refractivity contribution in [2.45, 2.75) is 13.0 Å². The smallest absolute Gasteiger partial charge is 0.274 e. The van der Waals surface area contributed by atoms with Crippen LogP contribution in [0.25, 0.3) is 0 Å². The topological polar surface area (TPSA) is 75.5 Å². The maximum atomic E-state index is 12.2. The molecule has 2 heterocycles. The molecule has 0 bridgehead atoms. The zero-order valence-corrected chi connectivity index (χ0v) is 12.1. The van der Waals surface area contributed by atoms with Gasteiger partial charge >= 0.3 is 0 Å². The quantitative estimate of drug-likeness (QED) is 0.736. The van der Waals surface area contributed by atoms with E-state index < -0.39 is 10.0 Å². The van der Waals surface area contributed by atoms with Crippen LogP contribution in [0.1, 0.15) is 17.4 Å². The molecule has 7 nitrogen and oxygen atoms in total. The second-order valence-electron chi connectivity index (χ2n) is 4.90. The summed E-state index contributed by atoms with van der Waals surface area (Å²) in [5, 5.41) is 0. The van der Waals surface area contributed by atoms with E-state index in [1.807, 2.05) is 0 Å². The van der Waals surface area contributed by atoms with Crippen molar-refractivity contribution < 1.29 is 13.2 Å². The summed E-state index contributed by atoms with van der Waals surface area (Å²) in [4.78, 5) is 17.9. The van der Waals surface area contributed by atoms with Crippen LogP contribution >= 0.6 is 0 Å². The maximum absolute atomic E-state index is 12.2. The van der Waals surface area contributed by atoms with Crippen molar-refractivity contribution >= 4 is 15.9 Å². The Bertz CT molecular complexity index is 581. The Morgan fingerprint density at radius 3 is 2.58 bits per heavy atom. The van der Waals surface area contributed by atoms with E-state index >= 15 is 0 Å². The minimum Gasteiger partial charge on any atom is -0.340 e. The van der Waals surface area contributed by atoms with E-state index in [4.69, 9.17) is 0 Å². The normalized spacial score (nSPS) is 21.6. The number of aromatic nitrogens is 2. The van der Waals surface area contributed by atoms with E-state index in [0.717, 1.165) is 0 Å². The van der Waals surface area contributed by atoms with Crippen molar-refractivity contribution in [3.63, 3.8) is 0 Å². The van der Waals surface area contributed by atoms with E-state index in [2.05, 4.69) is 4.98 Å². The Kier molecular flexibility index (Phi) is 3.64. The Morgan fingerprint density at radius 1 is 1.42 bits per heavy atom. The summed E-state index contributed by atoms with van der Waals surface area (Å²) >= 11 is 0. The first-order valence-corrected chi connectivity index (χ1v) is 7.88. The molecular formula is C11H18N4O3S. The Hall–Kier alpha value is -1.41. The van der Waals surface area contributed by atoms with Gasteiger partial charge in [-0.05, 0) is 6.92 Å². The molecule has 0 radical (unpaired) electrons. The third-order valence-electron chi connectivity index (χ3n) is 3.20. The molecule has 106 valence electrons. The van der Waals surface area contributed by atoms with Gasteiger partial charge in [-0.2, -0.15) is 4.31 Å². The lowest BCUT2D eigenvalue weighted by Gasteiger charge is -2.37. The van der Waals surface area contributed by atoms with Gasteiger partial charge < -0.3 is 9.47 Å². The summed E-state index contributed by atoms with van der Waals surface area (Å²) in [7, 11) is -1.41. The predicted molar refractivity (Wildman–Crippen MR) is 70.1 cm³/mol. The van der Waals surface area contributed by atoms with E-state index in [9.17, 15) is 13.2 Å². The fraction of sp³-hybridized carbons (Fsp3) is 0.636. The Balaban J connectivity index is 2.08. The fourth-order valence-corrected chi connectivity index (χ4v) is 3.44. The van der Waals surface area contributed by atoms with Crippen molar-refractivity contribution in [1.82, 2.24) is 18.8 Å². The average molecular weight is 286 g/mol. The average Bonchev–Trinajstić information content (AvgIpc) is 2.73. The lowest BCUT2D eigenvalue weighted by atomic mass is 10.2. The maximum Gasteiger partial charge on any atom is 0.274 e. The highest BCUT2D eigenvalue weighted by molar-refractivity contribution is 7.88. The monoisotopic (exact) mass is 286 g/mol. The number of rotatable bonds is 2. The minimum absolute atomic E-state index is 0.152. The molecule has 0 aliphatic carbocycles. The summed E-state index contributed by atoms with van der Waals surface area (Å²) in [6, 6.07) is -0.212. The zero-order chi connectivity index (χ0) is 14.2. The first kappa shape index (κ1) is 14.0. The van der Waals surface area contributed by atoms with Gasteiger partial charge in [-0.25, -0.2) is 13.4 Å². The molecule has 0 aromatic carbocycles. The van der Waals surface area contributed by atoms with Crippen LogP contribution in [-0.4, -0.2) is 65.0 Å². The molecule has 0 saturated carbocycles. The van der Waals surface area contributed by atoms with Crippen LogP contribution in [0.3, 0.4) is 0 Å². The van der Waals surface area contributed by atoms with Gasteiger partial charge in [0.05, 0.1) is 12.6 Å². The Labute approximate surface area is 112 Å². The standard InChI is InChI=1S/C11H18N4O3S/c1-9-6-14(4-5-15(9)19(3,17)18)11(16)10-7-13(2)8-12-10/h7-9H,4-6H2,1-3H3/t9-/m0/s1. The number of nitrogens with zero attached hydrogens (tertiary/aromatic N) is 4. The summed E-state index contributed by atoms with van der Waals surface area (Å²) in [5.74, 6) is -0.152. The predicted octanol–water partition coefficient (Wildman–Crippen LogP) is -0.474. The van der Waals surface area contributed by atoms with Gasteiger partial charge in [0.25, 0.3) is 5.91 Å². The third kappa shape index (κ3) is 2.95. The van der Waals surface area contributed by atoms with Gasteiger partial charge in [0.1, 0.15) is 5.69 Å². The number of carbonyl (C=O) groups excluding carboxylic acids is 1. The molecule has 1 aliphatic heterocycles. The minimum atomic E-state index is -3.21. The summed E-state index contributed by atoms with van der Waals surface area (Å²) in [6.45, 7) is 2.92. The van der Waals surface area contributed by atoms with Crippen molar-refractivity contribution in [3.8, 4) is 0 Å². The zero-order valence-electron chi connectivity index (χ0n) is 11.3. The molecule has 1 amide bonds. The van der Waals surface area contributed by atoms with Crippen LogP contribution in [0.4, 0.5) is 0 Å². The first-order chi connectivity index (χ1) is 8.79. The highest BCUT2D eigenvalue weighted by Crippen LogP contribution is 2.15. The van der Waals surface area contributed by atoms with Crippen LogP contribution in [0.15, 0.2) is 12.5 Å². The number of hydrogen-bond donors (Lipinski definition) is 0. The third-order valence-corrected chi connectivity index (χ3v) is 4.60. The SMILES string of the molecule is C[C@H]1CN(C(=O)c2cn(C)cn2)CCN1S(C)(=O)=O. The van der Waals surface area contributed by atoms with Gasteiger partial charge in [-0.3, -0.25) is 4.79 Å². The number of carbonyl (C=O) groups is 1. The Morgan fingerprint density at radius 2 is 2.11 bits per heavy atom. The molecule has 0 spiro atoms. The lowest BCUT2D eigenvalue weighted by Crippen LogP contribution is -2.55. The number of imidazole rings is 1. The number of sulfonamides is 1. The molecule has 8 heteroatoms. The molecule has 1 fully saturated rings. The largest absolute Gasteiger partial charge is 0.340 e. The summed E-state index contributed by atoms with van der Waals surface area (Å²) in [6.07, 6.45) is 4.43. The molecule has 1 aromatic rings. The van der Waals surface area contributed by atoms with Crippen LogP contribution in [0.2, 0.25) is 0 Å². The van der Waals surface area contributed by atoms with Gasteiger partial charge in [0, 0.05) is 38.9 Å². The number of aryl methyl sites for hydroxylation is 1. The number of amides is 1. The van der Waals surface area contributed by atoms with Crippen LogP contribution in [0, 0.1) is 0 Å². The number of hydrogen-bond acceptors (Lipinski definition) is 4. The molecule has 0 N–H and O–H groups in total. The van der Waals surface area contributed by atoms with E-state index in [0.29, 0.717) is 25.3 Å². The van der Waals surface area contributed by atoms with Gasteiger partial charge in [0.15, 0.2) is 0 Å². The van der Waals surface area contributed by atoms with Crippen LogP contribution in [0.5, 0.6) is 0 Å². The molecule has 19 heavy (non-hydrogen) atoms. The molecule has 1 aliphatic rings. The van der Waals surface area contributed by atoms with Crippen molar-refractivity contribution in [1.29, 1.82) is 0 Å². The summed E-state index contributed by atoms with van der Waals surface area (Å²) < 4.78 is 26.2. The molecule has 0 unspecified atom stereocenters. The van der Waals surface area contributed by atoms with E-state index in [1.165, 1.54) is 10.6 Å². The molecule has 1 aromatic heterocycles. The number of piperazine rings is 1. The second-order valence-corrected chi connectivity index (χ2v) is 6.83. The highest BCUT2D eigenvalue weighted by atomic mass is 32.2. The molecule has 1 atom stereocenters. The van der Waals surface area contributed by atoms with Gasteiger partial charge in [0.2, 0.25) is 10.0 Å². The molecule has 1 saturated heterocycles. The van der Waals surface area contributed by atoms with Crippen molar-refractivity contribution in [2.24, 2.45) is 7.05 Å². The lowest BCUT2D eigenvalue weighted by molar-refractivity contribution is 0.0637. The van der Waals surface area contributed by atoms with E-state index in [1.54, 1.807) is 36.0 Å². The first-order valence-electron chi connectivity index (χ1n) is 6.03. The highest BCUT2D eigenvalue weighted by Gasteiger charge is 2.32. The van der Waals surface area contributed by atoms with Crippen LogP contribution < -0.4 is 0 Å². The van der Waals surface area contributed by atoms with Crippen molar-refractivity contribution in [3.05, 3.63) is 18.2 Å². The molecule has 2 rings (SSSR count). The fourth-order valence-electron chi connectivity index (χ4n) is 2.30. The van der Waals surface area contributed by atoms with Gasteiger partial charge in [-0.15, -0.1) is 0 Å². The summed E-state index contributed by atoms with van der Waals surface area (Å²) in [5.41, 5.74) is 0.391. The van der Waals surface area contributed by atoms with Crippen molar-refractivity contribution in [2.75, 3.05) is 25.9 Å². The molecular weight excluding hydrogens is 268 g/mol. The second kappa shape index (κ2) is 4.93. The van der Waals surface area contributed by atoms with Crippen LogP contribution in [-0.2, 0) is 17.1 Å².